The lowest BCUT2D eigenvalue weighted by molar-refractivity contribution is 0.0949. The summed E-state index contributed by atoms with van der Waals surface area (Å²) in [5, 5.41) is 14.2. The first-order chi connectivity index (χ1) is 11.2. The maximum Gasteiger partial charge on any atom is 0.286 e. The second kappa shape index (κ2) is 6.84. The maximum absolute atomic E-state index is 12.2. The Balaban J connectivity index is 1.66. The number of nitrogens with one attached hydrogen (secondary N) is 2. The topological polar surface area (TPSA) is 93.2 Å². The Labute approximate surface area is 137 Å². The van der Waals surface area contributed by atoms with Crippen LogP contribution in [0.4, 0.5) is 5.69 Å². The average Bonchev–Trinajstić information content (AvgIpc) is 3.23. The van der Waals surface area contributed by atoms with Crippen LogP contribution in [0.3, 0.4) is 0 Å². The first-order valence-electron chi connectivity index (χ1n) is 7.19. The van der Waals surface area contributed by atoms with Crippen molar-refractivity contribution in [1.82, 2.24) is 15.5 Å². The molecule has 1 fully saturated rings. The zero-order valence-corrected chi connectivity index (χ0v) is 13.4. The summed E-state index contributed by atoms with van der Waals surface area (Å²) >= 11 is 1.17. The molecule has 3 rings (SSSR count). The third-order valence-corrected chi connectivity index (χ3v) is 4.12. The van der Waals surface area contributed by atoms with E-state index < -0.39 is 0 Å². The number of hydrogen-bond acceptors (Lipinski definition) is 6. The second-order valence-corrected chi connectivity index (χ2v) is 6.28. The summed E-state index contributed by atoms with van der Waals surface area (Å²) in [6, 6.07) is 7.11. The number of aromatic nitrogens is 2. The van der Waals surface area contributed by atoms with Gasteiger partial charge in [0.25, 0.3) is 11.8 Å². The third kappa shape index (κ3) is 4.11. The molecule has 1 saturated carbocycles. The minimum atomic E-state index is -0.357. The molecule has 2 aromatic rings. The second-order valence-electron chi connectivity index (χ2n) is 5.22. The van der Waals surface area contributed by atoms with Crippen LogP contribution in [0.15, 0.2) is 24.3 Å². The van der Waals surface area contributed by atoms with Gasteiger partial charge in [-0.1, -0.05) is 17.4 Å². The van der Waals surface area contributed by atoms with E-state index in [1.165, 1.54) is 11.3 Å². The van der Waals surface area contributed by atoms with Crippen molar-refractivity contribution in [3.05, 3.63) is 39.8 Å². The van der Waals surface area contributed by atoms with Gasteiger partial charge in [0.1, 0.15) is 5.01 Å². The van der Waals surface area contributed by atoms with Crippen LogP contribution in [-0.4, -0.2) is 35.2 Å². The van der Waals surface area contributed by atoms with E-state index in [9.17, 15) is 9.59 Å². The zero-order valence-electron chi connectivity index (χ0n) is 12.5. The molecule has 1 aliphatic rings. The largest absolute Gasteiger partial charge is 0.377 e. The molecule has 0 aliphatic heterocycles. The Bertz CT molecular complexity index is 727. The maximum atomic E-state index is 12.2. The van der Waals surface area contributed by atoms with E-state index >= 15 is 0 Å². The summed E-state index contributed by atoms with van der Waals surface area (Å²) in [5.74, 6) is -0.480. The van der Waals surface area contributed by atoms with Gasteiger partial charge in [0.2, 0.25) is 5.01 Å². The number of benzene rings is 1. The van der Waals surface area contributed by atoms with Crippen LogP contribution in [0.2, 0.25) is 0 Å². The van der Waals surface area contributed by atoms with Crippen LogP contribution in [0.1, 0.15) is 38.0 Å². The normalized spacial score (nSPS) is 13.6. The lowest BCUT2D eigenvalue weighted by Gasteiger charge is -2.06. The van der Waals surface area contributed by atoms with Crippen molar-refractivity contribution in [2.45, 2.75) is 25.5 Å². The number of amides is 2. The first-order valence-corrected chi connectivity index (χ1v) is 8.01. The van der Waals surface area contributed by atoms with Gasteiger partial charge in [0.05, 0.1) is 6.61 Å². The average molecular weight is 332 g/mol. The Hall–Kier alpha value is -2.32. The fourth-order valence-electron chi connectivity index (χ4n) is 1.95. The quantitative estimate of drug-likeness (QED) is 0.842. The molecular formula is C15H16N4O3S. The third-order valence-electron chi connectivity index (χ3n) is 3.22. The fraction of sp³-hybridized carbons (Fsp3) is 0.333. The molecular weight excluding hydrogens is 316 g/mol. The SMILES string of the molecule is COCc1nnc(C(=O)Nc2cccc(C(=O)NC3CC3)c2)s1. The van der Waals surface area contributed by atoms with Crippen molar-refractivity contribution < 1.29 is 14.3 Å². The number of ether oxygens (including phenoxy) is 1. The number of methoxy groups -OCH3 is 1. The summed E-state index contributed by atoms with van der Waals surface area (Å²) in [7, 11) is 1.55. The fourth-order valence-corrected chi connectivity index (χ4v) is 2.65. The molecule has 1 aliphatic carbocycles. The summed E-state index contributed by atoms with van der Waals surface area (Å²) in [6.07, 6.45) is 2.06. The summed E-state index contributed by atoms with van der Waals surface area (Å²) < 4.78 is 4.95. The number of rotatable bonds is 6. The van der Waals surface area contributed by atoms with Gasteiger partial charge in [-0.15, -0.1) is 10.2 Å². The van der Waals surface area contributed by atoms with Gasteiger partial charge < -0.3 is 15.4 Å². The standard InChI is InChI=1S/C15H16N4O3S/c1-22-8-12-18-19-15(23-12)14(21)17-11-4-2-3-9(7-11)13(20)16-10-5-6-10/h2-4,7,10H,5-6,8H2,1H3,(H,16,20)(H,17,21). The van der Waals surface area contributed by atoms with E-state index in [1.54, 1.807) is 31.4 Å². The Morgan fingerprint density at radius 2 is 2.13 bits per heavy atom. The van der Waals surface area contributed by atoms with Gasteiger partial charge >= 0.3 is 0 Å². The van der Waals surface area contributed by atoms with Gasteiger partial charge in [-0.2, -0.15) is 0 Å². The molecule has 0 saturated heterocycles. The molecule has 7 nitrogen and oxygen atoms in total. The highest BCUT2D eigenvalue weighted by atomic mass is 32.1. The van der Waals surface area contributed by atoms with Crippen molar-refractivity contribution in [1.29, 1.82) is 0 Å². The van der Waals surface area contributed by atoms with Crippen LogP contribution in [0, 0.1) is 0 Å². The minimum Gasteiger partial charge on any atom is -0.377 e. The number of anilines is 1. The van der Waals surface area contributed by atoms with Gasteiger partial charge in [-0.3, -0.25) is 9.59 Å². The minimum absolute atomic E-state index is 0.123. The van der Waals surface area contributed by atoms with Gasteiger partial charge in [-0.25, -0.2) is 0 Å². The molecule has 1 aromatic carbocycles. The molecule has 0 bridgehead atoms. The highest BCUT2D eigenvalue weighted by Gasteiger charge is 2.24. The molecule has 2 N–H and O–H groups in total. The summed E-state index contributed by atoms with van der Waals surface area (Å²) in [5.41, 5.74) is 1.06. The molecule has 120 valence electrons. The number of carbonyl (C=O) groups is 2. The molecule has 23 heavy (non-hydrogen) atoms. The Morgan fingerprint density at radius 1 is 1.30 bits per heavy atom. The van der Waals surface area contributed by atoms with Crippen LogP contribution >= 0.6 is 11.3 Å². The number of nitrogens with zero attached hydrogens (tertiary/aromatic N) is 2. The molecule has 0 atom stereocenters. The van der Waals surface area contributed by atoms with Gasteiger partial charge in [0.15, 0.2) is 0 Å². The molecule has 0 spiro atoms. The number of carbonyl (C=O) groups excluding carboxylic acids is 2. The first kappa shape index (κ1) is 15.6. The molecule has 0 unspecified atom stereocenters. The lowest BCUT2D eigenvalue weighted by Crippen LogP contribution is -2.25. The zero-order chi connectivity index (χ0) is 16.2. The van der Waals surface area contributed by atoms with E-state index in [0.29, 0.717) is 28.9 Å². The lowest BCUT2D eigenvalue weighted by atomic mass is 10.2. The van der Waals surface area contributed by atoms with Crippen LogP contribution < -0.4 is 10.6 Å². The highest BCUT2D eigenvalue weighted by molar-refractivity contribution is 7.13. The molecule has 0 radical (unpaired) electrons. The van der Waals surface area contributed by atoms with Crippen LogP contribution in [0.5, 0.6) is 0 Å². The Kier molecular flexibility index (Phi) is 4.63. The van der Waals surface area contributed by atoms with E-state index in [0.717, 1.165) is 12.8 Å². The van der Waals surface area contributed by atoms with Gasteiger partial charge in [-0.05, 0) is 31.0 Å². The predicted octanol–water partition coefficient (Wildman–Crippen LogP) is 1.83. The van der Waals surface area contributed by atoms with E-state index in [-0.39, 0.29) is 16.8 Å². The molecule has 1 aromatic heterocycles. The number of hydrogen-bond donors (Lipinski definition) is 2. The van der Waals surface area contributed by atoms with Crippen molar-refractivity contribution >= 4 is 28.8 Å². The van der Waals surface area contributed by atoms with E-state index in [4.69, 9.17) is 4.74 Å². The molecule has 2 amide bonds. The van der Waals surface area contributed by atoms with E-state index in [2.05, 4.69) is 20.8 Å². The monoisotopic (exact) mass is 332 g/mol. The highest BCUT2D eigenvalue weighted by Crippen LogP contribution is 2.20. The van der Waals surface area contributed by atoms with Crippen LogP contribution in [0.25, 0.3) is 0 Å². The molecule has 1 heterocycles. The van der Waals surface area contributed by atoms with Crippen LogP contribution in [-0.2, 0) is 11.3 Å². The van der Waals surface area contributed by atoms with Gasteiger partial charge in [0, 0.05) is 24.4 Å². The Morgan fingerprint density at radius 3 is 2.87 bits per heavy atom. The summed E-state index contributed by atoms with van der Waals surface area (Å²) in [4.78, 5) is 24.2. The smallest absolute Gasteiger partial charge is 0.286 e. The van der Waals surface area contributed by atoms with E-state index in [1.807, 2.05) is 0 Å². The summed E-state index contributed by atoms with van der Waals surface area (Å²) in [6.45, 7) is 0.321. The van der Waals surface area contributed by atoms with Crippen molar-refractivity contribution in [2.24, 2.45) is 0 Å². The van der Waals surface area contributed by atoms with Crippen molar-refractivity contribution in [3.8, 4) is 0 Å². The molecule has 8 heteroatoms. The van der Waals surface area contributed by atoms with Crippen molar-refractivity contribution in [3.63, 3.8) is 0 Å². The van der Waals surface area contributed by atoms with Crippen molar-refractivity contribution in [2.75, 3.05) is 12.4 Å². The predicted molar refractivity (Wildman–Crippen MR) is 85.5 cm³/mol.